The molecule has 1 aromatic heterocycles. The standard InChI is InChI=1S/C24H30N2O3S.ClH/c1-3-4-14-26-18-23(19-12-15-25(2)16-13-19)22-17-20(10-11-24(22)26)29-30(27,28)21-8-6-5-7-9-21;/h5-11,17-19H,3-4,12-16H2,1-2H3;1H. The number of rotatable bonds is 7. The summed E-state index contributed by atoms with van der Waals surface area (Å²) >= 11 is 0. The number of likely N-dealkylation sites (tertiary alicyclic amines) is 1. The molecule has 1 aliphatic rings. The van der Waals surface area contributed by atoms with Crippen LogP contribution in [-0.4, -0.2) is 38.0 Å². The minimum Gasteiger partial charge on any atom is -0.379 e. The van der Waals surface area contributed by atoms with Crippen molar-refractivity contribution >= 4 is 33.4 Å². The van der Waals surface area contributed by atoms with Gasteiger partial charge in [-0.15, -0.1) is 12.4 Å². The van der Waals surface area contributed by atoms with Crippen LogP contribution in [0, 0.1) is 0 Å². The highest BCUT2D eigenvalue weighted by atomic mass is 35.5. The first-order chi connectivity index (χ1) is 14.5. The van der Waals surface area contributed by atoms with E-state index in [-0.39, 0.29) is 17.3 Å². The van der Waals surface area contributed by atoms with Crippen LogP contribution in [0.15, 0.2) is 59.6 Å². The van der Waals surface area contributed by atoms with Crippen molar-refractivity contribution in [2.24, 2.45) is 0 Å². The van der Waals surface area contributed by atoms with Crippen LogP contribution in [0.3, 0.4) is 0 Å². The van der Waals surface area contributed by atoms with Gasteiger partial charge < -0.3 is 13.7 Å². The summed E-state index contributed by atoms with van der Waals surface area (Å²) in [6, 6.07) is 14.0. The molecular weight excluding hydrogens is 432 g/mol. The summed E-state index contributed by atoms with van der Waals surface area (Å²) in [7, 11) is -1.68. The van der Waals surface area contributed by atoms with Crippen molar-refractivity contribution in [2.45, 2.75) is 50.0 Å². The van der Waals surface area contributed by atoms with Gasteiger partial charge in [0.2, 0.25) is 0 Å². The van der Waals surface area contributed by atoms with Crippen molar-refractivity contribution < 1.29 is 12.6 Å². The smallest absolute Gasteiger partial charge is 0.339 e. The summed E-state index contributed by atoms with van der Waals surface area (Å²) in [5, 5.41) is 1.11. The molecule has 7 heteroatoms. The molecule has 0 amide bonds. The molecule has 0 radical (unpaired) electrons. The number of piperidine rings is 1. The summed E-state index contributed by atoms with van der Waals surface area (Å²) in [6.45, 7) is 5.35. The van der Waals surface area contributed by atoms with Crippen LogP contribution in [-0.2, 0) is 16.7 Å². The second-order valence-electron chi connectivity index (χ2n) is 8.24. The lowest BCUT2D eigenvalue weighted by Gasteiger charge is -2.28. The molecule has 168 valence electrons. The van der Waals surface area contributed by atoms with E-state index in [1.807, 2.05) is 12.1 Å². The van der Waals surface area contributed by atoms with Crippen molar-refractivity contribution in [3.05, 3.63) is 60.3 Å². The Morgan fingerprint density at radius 1 is 1.06 bits per heavy atom. The Hall–Kier alpha value is -2.02. The van der Waals surface area contributed by atoms with Crippen LogP contribution in [0.2, 0.25) is 0 Å². The van der Waals surface area contributed by atoms with E-state index in [0.29, 0.717) is 11.7 Å². The fourth-order valence-electron chi connectivity index (χ4n) is 4.28. The van der Waals surface area contributed by atoms with Gasteiger partial charge in [-0.1, -0.05) is 31.5 Å². The van der Waals surface area contributed by atoms with Crippen LogP contribution >= 0.6 is 12.4 Å². The van der Waals surface area contributed by atoms with Gasteiger partial charge in [0.15, 0.2) is 0 Å². The quantitative estimate of drug-likeness (QED) is 0.438. The maximum Gasteiger partial charge on any atom is 0.339 e. The second-order valence-corrected chi connectivity index (χ2v) is 9.78. The monoisotopic (exact) mass is 462 g/mol. The van der Waals surface area contributed by atoms with Gasteiger partial charge in [-0.2, -0.15) is 8.42 Å². The lowest BCUT2D eigenvalue weighted by atomic mass is 9.89. The minimum atomic E-state index is -3.85. The summed E-state index contributed by atoms with van der Waals surface area (Å²) in [5.41, 5.74) is 2.47. The maximum absolute atomic E-state index is 12.7. The fourth-order valence-corrected chi connectivity index (χ4v) is 5.22. The van der Waals surface area contributed by atoms with Gasteiger partial charge in [0.25, 0.3) is 0 Å². The van der Waals surface area contributed by atoms with Crippen LogP contribution in [0.1, 0.15) is 44.1 Å². The molecule has 0 aliphatic carbocycles. The Labute approximate surface area is 191 Å². The molecule has 4 rings (SSSR count). The van der Waals surface area contributed by atoms with Gasteiger partial charge in [-0.25, -0.2) is 0 Å². The molecule has 0 N–H and O–H groups in total. The van der Waals surface area contributed by atoms with E-state index in [1.54, 1.807) is 36.4 Å². The van der Waals surface area contributed by atoms with Crippen molar-refractivity contribution in [3.8, 4) is 5.75 Å². The number of aryl methyl sites for hydroxylation is 1. The van der Waals surface area contributed by atoms with Crippen LogP contribution in [0.4, 0.5) is 0 Å². The molecule has 0 atom stereocenters. The zero-order valence-electron chi connectivity index (χ0n) is 18.2. The Kier molecular flexibility index (Phi) is 7.68. The SMILES string of the molecule is CCCCn1cc(C2CCN(C)CC2)c2cc(OS(=O)(=O)c3ccccc3)ccc21.Cl. The van der Waals surface area contributed by atoms with Gasteiger partial charge in [0.05, 0.1) is 0 Å². The Morgan fingerprint density at radius 2 is 1.77 bits per heavy atom. The second kappa shape index (κ2) is 10.1. The topological polar surface area (TPSA) is 51.5 Å². The van der Waals surface area contributed by atoms with E-state index in [9.17, 15) is 8.42 Å². The Bertz CT molecular complexity index is 1100. The normalized spacial score (nSPS) is 15.7. The summed E-state index contributed by atoms with van der Waals surface area (Å²) < 4.78 is 33.2. The zero-order valence-corrected chi connectivity index (χ0v) is 19.8. The molecule has 0 saturated carbocycles. The number of unbranched alkanes of at least 4 members (excludes halogenated alkanes) is 1. The van der Waals surface area contributed by atoms with Crippen molar-refractivity contribution in [1.29, 1.82) is 0 Å². The first kappa shape index (κ1) is 23.6. The summed E-state index contributed by atoms with van der Waals surface area (Å²) in [4.78, 5) is 2.54. The number of hydrogen-bond acceptors (Lipinski definition) is 4. The van der Waals surface area contributed by atoms with E-state index in [0.717, 1.165) is 56.2 Å². The number of nitrogens with zero attached hydrogens (tertiary/aromatic N) is 2. The molecule has 2 aromatic carbocycles. The zero-order chi connectivity index (χ0) is 21.1. The molecule has 2 heterocycles. The van der Waals surface area contributed by atoms with Gasteiger partial charge in [-0.3, -0.25) is 0 Å². The van der Waals surface area contributed by atoms with E-state index in [1.165, 1.54) is 5.56 Å². The van der Waals surface area contributed by atoms with E-state index >= 15 is 0 Å². The van der Waals surface area contributed by atoms with Gasteiger partial charge in [0.1, 0.15) is 10.6 Å². The fraction of sp³-hybridized carbons (Fsp3) is 0.417. The van der Waals surface area contributed by atoms with Gasteiger partial charge in [-0.05, 0) is 81.2 Å². The summed E-state index contributed by atoms with van der Waals surface area (Å²) in [6.07, 6.45) is 6.79. The number of aromatic nitrogens is 1. The first-order valence-corrected chi connectivity index (χ1v) is 12.2. The van der Waals surface area contributed by atoms with Crippen LogP contribution < -0.4 is 4.18 Å². The highest BCUT2D eigenvalue weighted by Gasteiger charge is 2.23. The van der Waals surface area contributed by atoms with Gasteiger partial charge >= 0.3 is 10.1 Å². The van der Waals surface area contributed by atoms with E-state index in [4.69, 9.17) is 4.18 Å². The third-order valence-electron chi connectivity index (χ3n) is 6.03. The average Bonchev–Trinajstić information content (AvgIpc) is 3.11. The van der Waals surface area contributed by atoms with Crippen molar-refractivity contribution in [3.63, 3.8) is 0 Å². The Balaban J connectivity index is 0.00000272. The number of fused-ring (bicyclic) bond motifs is 1. The molecule has 31 heavy (non-hydrogen) atoms. The molecule has 5 nitrogen and oxygen atoms in total. The maximum atomic E-state index is 12.7. The molecule has 3 aromatic rings. The average molecular weight is 463 g/mol. The molecule has 0 bridgehead atoms. The predicted molar refractivity (Wildman–Crippen MR) is 128 cm³/mol. The largest absolute Gasteiger partial charge is 0.379 e. The van der Waals surface area contributed by atoms with Crippen LogP contribution in [0.5, 0.6) is 5.75 Å². The highest BCUT2D eigenvalue weighted by Crippen LogP contribution is 2.36. The molecular formula is C24H31ClN2O3S. The Morgan fingerprint density at radius 3 is 2.45 bits per heavy atom. The molecule has 0 unspecified atom stereocenters. The molecule has 1 aliphatic heterocycles. The number of halogens is 1. The third-order valence-corrected chi connectivity index (χ3v) is 7.29. The predicted octanol–water partition coefficient (Wildman–Crippen LogP) is 5.44. The minimum absolute atomic E-state index is 0. The van der Waals surface area contributed by atoms with E-state index in [2.05, 4.69) is 29.6 Å². The molecule has 1 fully saturated rings. The van der Waals surface area contributed by atoms with E-state index < -0.39 is 10.1 Å². The lowest BCUT2D eigenvalue weighted by molar-refractivity contribution is 0.256. The lowest BCUT2D eigenvalue weighted by Crippen LogP contribution is -2.29. The molecule has 1 saturated heterocycles. The highest BCUT2D eigenvalue weighted by molar-refractivity contribution is 7.87. The van der Waals surface area contributed by atoms with Crippen molar-refractivity contribution in [2.75, 3.05) is 20.1 Å². The number of hydrogen-bond donors (Lipinski definition) is 0. The summed E-state index contributed by atoms with van der Waals surface area (Å²) in [5.74, 6) is 0.862. The molecule has 0 spiro atoms. The number of benzene rings is 2. The van der Waals surface area contributed by atoms with Crippen LogP contribution in [0.25, 0.3) is 10.9 Å². The first-order valence-electron chi connectivity index (χ1n) is 10.8. The van der Waals surface area contributed by atoms with Gasteiger partial charge in [0, 0.05) is 23.6 Å². The van der Waals surface area contributed by atoms with Crippen molar-refractivity contribution in [1.82, 2.24) is 9.47 Å². The third kappa shape index (κ3) is 5.25.